The summed E-state index contributed by atoms with van der Waals surface area (Å²) in [7, 11) is 1.66. The Balaban J connectivity index is 2.17. The van der Waals surface area contributed by atoms with Gasteiger partial charge in [0, 0.05) is 10.5 Å². The van der Waals surface area contributed by atoms with Crippen LogP contribution in [0.3, 0.4) is 0 Å². The molecule has 0 atom stereocenters. The Morgan fingerprint density at radius 3 is 2.94 bits per heavy atom. The first-order valence-electron chi connectivity index (χ1n) is 5.05. The normalized spacial score (nSPS) is 10.9. The number of nitrogens with one attached hydrogen (secondary N) is 1. The standard InChI is InChI=1S/C12H9BrN2OS/c1-16-7-2-3-9-10(6-7)15-12(14-9)11-8(13)4-5-17-11/h2-6H,1H3,(H,14,15). The first-order valence-corrected chi connectivity index (χ1v) is 6.72. The summed E-state index contributed by atoms with van der Waals surface area (Å²) < 4.78 is 6.25. The second-order valence-electron chi connectivity index (χ2n) is 3.57. The van der Waals surface area contributed by atoms with Gasteiger partial charge in [-0.1, -0.05) is 0 Å². The minimum atomic E-state index is 0.831. The zero-order chi connectivity index (χ0) is 11.8. The number of aromatic amines is 1. The average molecular weight is 309 g/mol. The van der Waals surface area contributed by atoms with Gasteiger partial charge in [0.15, 0.2) is 0 Å². The fourth-order valence-electron chi connectivity index (χ4n) is 1.69. The number of hydrogen-bond donors (Lipinski definition) is 1. The maximum Gasteiger partial charge on any atom is 0.149 e. The summed E-state index contributed by atoms with van der Waals surface area (Å²) in [5, 5.41) is 2.03. The lowest BCUT2D eigenvalue weighted by molar-refractivity contribution is 0.415. The van der Waals surface area contributed by atoms with E-state index < -0.39 is 0 Å². The van der Waals surface area contributed by atoms with Gasteiger partial charge in [-0.15, -0.1) is 11.3 Å². The molecule has 17 heavy (non-hydrogen) atoms. The third kappa shape index (κ3) is 1.85. The molecule has 0 amide bonds. The molecule has 0 aliphatic heterocycles. The van der Waals surface area contributed by atoms with E-state index >= 15 is 0 Å². The lowest BCUT2D eigenvalue weighted by atomic mass is 10.3. The molecule has 0 radical (unpaired) electrons. The number of fused-ring (bicyclic) bond motifs is 1. The summed E-state index contributed by atoms with van der Waals surface area (Å²) in [6, 6.07) is 7.84. The maximum absolute atomic E-state index is 5.19. The smallest absolute Gasteiger partial charge is 0.149 e. The number of thiophene rings is 1. The van der Waals surface area contributed by atoms with Crippen molar-refractivity contribution in [1.29, 1.82) is 0 Å². The number of rotatable bonds is 2. The molecule has 2 heterocycles. The minimum absolute atomic E-state index is 0.831. The predicted molar refractivity (Wildman–Crippen MR) is 73.7 cm³/mol. The van der Waals surface area contributed by atoms with Gasteiger partial charge in [-0.2, -0.15) is 0 Å². The Bertz CT molecular complexity index is 674. The van der Waals surface area contributed by atoms with E-state index in [2.05, 4.69) is 25.9 Å². The largest absolute Gasteiger partial charge is 0.497 e. The van der Waals surface area contributed by atoms with Gasteiger partial charge < -0.3 is 9.72 Å². The highest BCUT2D eigenvalue weighted by Gasteiger charge is 2.10. The topological polar surface area (TPSA) is 37.9 Å². The number of benzene rings is 1. The van der Waals surface area contributed by atoms with Crippen LogP contribution in [0.2, 0.25) is 0 Å². The molecule has 0 fully saturated rings. The molecule has 0 spiro atoms. The van der Waals surface area contributed by atoms with Crippen molar-refractivity contribution in [3.8, 4) is 16.5 Å². The first kappa shape index (κ1) is 10.8. The molecule has 0 unspecified atom stereocenters. The van der Waals surface area contributed by atoms with E-state index in [1.165, 1.54) is 0 Å². The molecule has 5 heteroatoms. The zero-order valence-corrected chi connectivity index (χ0v) is 11.4. The second kappa shape index (κ2) is 4.16. The Morgan fingerprint density at radius 2 is 2.24 bits per heavy atom. The van der Waals surface area contributed by atoms with Gasteiger partial charge in [0.2, 0.25) is 0 Å². The number of hydrogen-bond acceptors (Lipinski definition) is 3. The average Bonchev–Trinajstić information content (AvgIpc) is 2.93. The number of H-pyrrole nitrogens is 1. The fraction of sp³-hybridized carbons (Fsp3) is 0.0833. The molecule has 0 aliphatic rings. The molecule has 1 N–H and O–H groups in total. The Kier molecular flexibility index (Phi) is 2.64. The second-order valence-corrected chi connectivity index (χ2v) is 5.34. The van der Waals surface area contributed by atoms with Crippen LogP contribution in [0, 0.1) is 0 Å². The van der Waals surface area contributed by atoms with Crippen LogP contribution < -0.4 is 4.74 Å². The Hall–Kier alpha value is -1.33. The quantitative estimate of drug-likeness (QED) is 0.775. The van der Waals surface area contributed by atoms with E-state index in [1.54, 1.807) is 18.4 Å². The van der Waals surface area contributed by atoms with Crippen LogP contribution in [-0.2, 0) is 0 Å². The van der Waals surface area contributed by atoms with Gasteiger partial charge in [-0.25, -0.2) is 4.98 Å². The molecule has 0 saturated heterocycles. The summed E-state index contributed by atoms with van der Waals surface area (Å²) in [5.74, 6) is 1.72. The van der Waals surface area contributed by atoms with E-state index in [0.29, 0.717) is 0 Å². The zero-order valence-electron chi connectivity index (χ0n) is 9.03. The van der Waals surface area contributed by atoms with Crippen LogP contribution in [-0.4, -0.2) is 17.1 Å². The van der Waals surface area contributed by atoms with Crippen molar-refractivity contribution in [2.24, 2.45) is 0 Å². The summed E-state index contributed by atoms with van der Waals surface area (Å²) in [6.07, 6.45) is 0. The Morgan fingerprint density at radius 1 is 1.35 bits per heavy atom. The van der Waals surface area contributed by atoms with E-state index in [4.69, 9.17) is 4.74 Å². The molecule has 2 aromatic heterocycles. The number of halogens is 1. The third-order valence-corrected chi connectivity index (χ3v) is 4.37. The molecule has 0 saturated carbocycles. The van der Waals surface area contributed by atoms with Gasteiger partial charge in [-0.3, -0.25) is 0 Å². The van der Waals surface area contributed by atoms with Crippen LogP contribution in [0.1, 0.15) is 0 Å². The number of aromatic nitrogens is 2. The molecule has 0 aliphatic carbocycles. The first-order chi connectivity index (χ1) is 8.28. The fourth-order valence-corrected chi connectivity index (χ4v) is 3.19. The van der Waals surface area contributed by atoms with Crippen molar-refractivity contribution in [2.75, 3.05) is 7.11 Å². The van der Waals surface area contributed by atoms with Gasteiger partial charge in [-0.05, 0) is 39.5 Å². The number of ether oxygens (including phenoxy) is 1. The van der Waals surface area contributed by atoms with E-state index in [1.807, 2.05) is 29.6 Å². The lowest BCUT2D eigenvalue weighted by Crippen LogP contribution is -1.81. The number of nitrogens with zero attached hydrogens (tertiary/aromatic N) is 1. The summed E-state index contributed by atoms with van der Waals surface area (Å²) in [5.41, 5.74) is 1.93. The van der Waals surface area contributed by atoms with Crippen molar-refractivity contribution in [1.82, 2.24) is 9.97 Å². The van der Waals surface area contributed by atoms with Gasteiger partial charge >= 0.3 is 0 Å². The highest BCUT2D eigenvalue weighted by molar-refractivity contribution is 9.10. The van der Waals surface area contributed by atoms with Crippen molar-refractivity contribution < 1.29 is 4.74 Å². The van der Waals surface area contributed by atoms with Gasteiger partial charge in [0.1, 0.15) is 11.6 Å². The predicted octanol–water partition coefficient (Wildman–Crippen LogP) is 4.06. The molecule has 3 nitrogen and oxygen atoms in total. The van der Waals surface area contributed by atoms with Crippen molar-refractivity contribution in [3.05, 3.63) is 34.1 Å². The molecular weight excluding hydrogens is 300 g/mol. The molecule has 86 valence electrons. The number of imidazole rings is 1. The molecule has 3 rings (SSSR count). The van der Waals surface area contributed by atoms with Crippen LogP contribution in [0.15, 0.2) is 34.1 Å². The van der Waals surface area contributed by atoms with Crippen LogP contribution in [0.4, 0.5) is 0 Å². The van der Waals surface area contributed by atoms with Crippen molar-refractivity contribution >= 4 is 38.3 Å². The highest BCUT2D eigenvalue weighted by Crippen LogP contribution is 2.33. The summed E-state index contributed by atoms with van der Waals surface area (Å²) >= 11 is 5.17. The Labute approximate surface area is 111 Å². The molecular formula is C12H9BrN2OS. The van der Waals surface area contributed by atoms with Crippen LogP contribution >= 0.6 is 27.3 Å². The van der Waals surface area contributed by atoms with E-state index in [0.717, 1.165) is 32.0 Å². The van der Waals surface area contributed by atoms with Crippen molar-refractivity contribution in [2.45, 2.75) is 0 Å². The van der Waals surface area contributed by atoms with E-state index in [-0.39, 0.29) is 0 Å². The van der Waals surface area contributed by atoms with Crippen molar-refractivity contribution in [3.63, 3.8) is 0 Å². The molecule has 1 aromatic carbocycles. The van der Waals surface area contributed by atoms with E-state index in [9.17, 15) is 0 Å². The molecule has 3 aromatic rings. The third-order valence-electron chi connectivity index (χ3n) is 2.52. The SMILES string of the molecule is COc1ccc2nc(-c3sccc3Br)[nH]c2c1. The van der Waals surface area contributed by atoms with Crippen LogP contribution in [0.25, 0.3) is 21.7 Å². The highest BCUT2D eigenvalue weighted by atomic mass is 79.9. The van der Waals surface area contributed by atoms with Gasteiger partial charge in [0.25, 0.3) is 0 Å². The van der Waals surface area contributed by atoms with Crippen LogP contribution in [0.5, 0.6) is 5.75 Å². The lowest BCUT2D eigenvalue weighted by Gasteiger charge is -1.96. The minimum Gasteiger partial charge on any atom is -0.497 e. The number of methoxy groups -OCH3 is 1. The maximum atomic E-state index is 5.19. The monoisotopic (exact) mass is 308 g/mol. The molecule has 0 bridgehead atoms. The van der Waals surface area contributed by atoms with Gasteiger partial charge in [0.05, 0.1) is 23.0 Å². The summed E-state index contributed by atoms with van der Waals surface area (Å²) in [6.45, 7) is 0. The summed E-state index contributed by atoms with van der Waals surface area (Å²) in [4.78, 5) is 8.97.